The number of esters is 3. The molecule has 0 bridgehead atoms. The van der Waals surface area contributed by atoms with E-state index < -0.39 is 5.97 Å². The van der Waals surface area contributed by atoms with Gasteiger partial charge in [-0.15, -0.1) is 0 Å². The van der Waals surface area contributed by atoms with Crippen molar-refractivity contribution in [2.24, 2.45) is 11.8 Å². The summed E-state index contributed by atoms with van der Waals surface area (Å²) >= 11 is 0. The first-order valence-electron chi connectivity index (χ1n) is 14.9. The summed E-state index contributed by atoms with van der Waals surface area (Å²) in [5.74, 6) is -1.55. The second-order valence-corrected chi connectivity index (χ2v) is 14.9. The number of nitrogens with zero attached hydrogens (tertiary/aromatic N) is 2. The molecule has 3 heterocycles. The second-order valence-electron chi connectivity index (χ2n) is 14.9. The summed E-state index contributed by atoms with van der Waals surface area (Å²) in [6, 6.07) is 0. The lowest BCUT2D eigenvalue weighted by Crippen LogP contribution is -2.59. The minimum Gasteiger partial charge on any atom is -0.462 e. The van der Waals surface area contributed by atoms with Crippen LogP contribution in [0.25, 0.3) is 0 Å². The van der Waals surface area contributed by atoms with Crippen LogP contribution in [-0.4, -0.2) is 62.2 Å². The zero-order chi connectivity index (χ0) is 30.2. The van der Waals surface area contributed by atoms with E-state index in [2.05, 4.69) is 76.0 Å². The van der Waals surface area contributed by atoms with Crippen LogP contribution in [0.3, 0.4) is 0 Å². The number of hydrogen-bond donors (Lipinski definition) is 2. The van der Waals surface area contributed by atoms with E-state index in [-0.39, 0.29) is 69.7 Å². The second kappa shape index (κ2) is 11.6. The Labute approximate surface area is 244 Å². The van der Waals surface area contributed by atoms with Crippen molar-refractivity contribution < 1.29 is 28.6 Å². The van der Waals surface area contributed by atoms with Crippen LogP contribution >= 0.6 is 0 Å². The van der Waals surface area contributed by atoms with Gasteiger partial charge in [-0.3, -0.25) is 9.59 Å². The molecule has 0 unspecified atom stereocenters. The lowest BCUT2D eigenvalue weighted by molar-refractivity contribution is -0.160. The molecule has 2 aliphatic heterocycles. The van der Waals surface area contributed by atoms with Crippen LogP contribution in [0.15, 0.2) is 12.4 Å². The molecule has 228 valence electrons. The number of ether oxygens (including phenoxy) is 3. The zero-order valence-corrected chi connectivity index (χ0v) is 26.0. The molecule has 1 saturated carbocycles. The molecule has 10 heteroatoms. The predicted octanol–water partition coefficient (Wildman–Crippen LogP) is 4.51. The van der Waals surface area contributed by atoms with Crippen LogP contribution in [0.2, 0.25) is 0 Å². The van der Waals surface area contributed by atoms with Gasteiger partial charge in [-0.1, -0.05) is 0 Å². The summed E-state index contributed by atoms with van der Waals surface area (Å²) in [7, 11) is 0. The number of hydrogen-bond acceptors (Lipinski definition) is 10. The van der Waals surface area contributed by atoms with Crippen molar-refractivity contribution in [1.82, 2.24) is 20.6 Å². The van der Waals surface area contributed by atoms with Crippen LogP contribution < -0.4 is 15.4 Å². The predicted molar refractivity (Wildman–Crippen MR) is 153 cm³/mol. The molecule has 0 radical (unpaired) electrons. The smallest absolute Gasteiger partial charge is 0.376 e. The van der Waals surface area contributed by atoms with E-state index >= 15 is 0 Å². The van der Waals surface area contributed by atoms with Crippen molar-refractivity contribution in [1.29, 1.82) is 0 Å². The van der Waals surface area contributed by atoms with E-state index in [1.807, 2.05) is 0 Å². The third-order valence-electron chi connectivity index (χ3n) is 8.29. The van der Waals surface area contributed by atoms with Crippen molar-refractivity contribution in [3.63, 3.8) is 0 Å². The Bertz CT molecular complexity index is 1090. The maximum Gasteiger partial charge on any atom is 0.376 e. The van der Waals surface area contributed by atoms with Crippen LogP contribution in [-0.2, 0) is 19.1 Å². The summed E-state index contributed by atoms with van der Waals surface area (Å²) in [5.41, 5.74) is -0.519. The highest BCUT2D eigenvalue weighted by atomic mass is 16.6. The van der Waals surface area contributed by atoms with E-state index in [1.165, 1.54) is 12.4 Å². The van der Waals surface area contributed by atoms with Gasteiger partial charge in [-0.2, -0.15) is 0 Å². The molecule has 0 spiro atoms. The summed E-state index contributed by atoms with van der Waals surface area (Å²) in [6.45, 7) is 16.9. The first-order chi connectivity index (χ1) is 18.9. The van der Waals surface area contributed by atoms with Crippen LogP contribution in [0.1, 0.15) is 117 Å². The molecule has 41 heavy (non-hydrogen) atoms. The first-order valence-corrected chi connectivity index (χ1v) is 14.9. The number of aromatic nitrogens is 2. The number of carbonyl (C=O) groups excluding carboxylic acids is 3. The maximum absolute atomic E-state index is 12.9. The maximum atomic E-state index is 12.9. The Kier molecular flexibility index (Phi) is 8.86. The summed E-state index contributed by atoms with van der Waals surface area (Å²) in [5, 5.41) is 7.17. The molecule has 3 aliphatic rings. The van der Waals surface area contributed by atoms with Crippen LogP contribution in [0.5, 0.6) is 5.75 Å². The Balaban J connectivity index is 1.23. The highest BCUT2D eigenvalue weighted by Gasteiger charge is 2.41. The van der Waals surface area contributed by atoms with Crippen molar-refractivity contribution in [3.05, 3.63) is 18.2 Å². The third kappa shape index (κ3) is 8.70. The van der Waals surface area contributed by atoms with Crippen molar-refractivity contribution in [3.8, 4) is 5.75 Å². The van der Waals surface area contributed by atoms with E-state index in [0.717, 1.165) is 12.8 Å². The Morgan fingerprint density at radius 1 is 0.659 bits per heavy atom. The van der Waals surface area contributed by atoms with Gasteiger partial charge in [0, 0.05) is 47.8 Å². The van der Waals surface area contributed by atoms with Crippen LogP contribution in [0.4, 0.5) is 0 Å². The van der Waals surface area contributed by atoms with E-state index in [4.69, 9.17) is 14.2 Å². The van der Waals surface area contributed by atoms with E-state index in [9.17, 15) is 14.4 Å². The van der Waals surface area contributed by atoms with Gasteiger partial charge in [0.25, 0.3) is 0 Å². The molecule has 0 atom stereocenters. The largest absolute Gasteiger partial charge is 0.462 e. The zero-order valence-electron chi connectivity index (χ0n) is 26.0. The average molecular weight is 573 g/mol. The lowest BCUT2D eigenvalue weighted by atomic mass is 9.80. The molecule has 10 nitrogen and oxygen atoms in total. The fourth-order valence-electron chi connectivity index (χ4n) is 7.33. The normalized spacial score (nSPS) is 27.4. The number of rotatable bonds is 6. The van der Waals surface area contributed by atoms with Gasteiger partial charge in [-0.25, -0.2) is 14.8 Å². The Morgan fingerprint density at radius 3 is 1.49 bits per heavy atom. The van der Waals surface area contributed by atoms with Crippen molar-refractivity contribution in [2.45, 2.75) is 141 Å². The molecule has 0 amide bonds. The first kappa shape index (κ1) is 31.3. The summed E-state index contributed by atoms with van der Waals surface area (Å²) < 4.78 is 17.2. The average Bonchev–Trinajstić information content (AvgIpc) is 2.80. The van der Waals surface area contributed by atoms with Crippen LogP contribution in [0, 0.1) is 11.8 Å². The van der Waals surface area contributed by atoms with Gasteiger partial charge >= 0.3 is 17.9 Å². The highest BCUT2D eigenvalue weighted by molar-refractivity contribution is 5.85. The monoisotopic (exact) mass is 572 g/mol. The molecule has 2 N–H and O–H groups in total. The van der Waals surface area contributed by atoms with Gasteiger partial charge in [0.05, 0.1) is 24.2 Å². The SMILES string of the molecule is CC1(C)CC(OC(=O)c2ncc(OC(=O)C3CCC(C(=O)OC4CC(C)(C)NC(C)(C)C4)CC3)cn2)CC(C)(C)N1. The highest BCUT2D eigenvalue weighted by Crippen LogP contribution is 2.35. The fraction of sp³-hybridized carbons (Fsp3) is 0.774. The lowest BCUT2D eigenvalue weighted by Gasteiger charge is -2.46. The molecule has 0 aromatic carbocycles. The van der Waals surface area contributed by atoms with Crippen molar-refractivity contribution >= 4 is 17.9 Å². The molecule has 4 rings (SSSR count). The van der Waals surface area contributed by atoms with Gasteiger partial charge < -0.3 is 24.8 Å². The van der Waals surface area contributed by atoms with Gasteiger partial charge in [-0.05, 0) is 81.1 Å². The van der Waals surface area contributed by atoms with Gasteiger partial charge in [0.15, 0.2) is 5.75 Å². The quantitative estimate of drug-likeness (QED) is 0.470. The molecular formula is C31H48N4O6. The topological polar surface area (TPSA) is 129 Å². The van der Waals surface area contributed by atoms with E-state index in [0.29, 0.717) is 38.5 Å². The minimum atomic E-state index is -0.594. The Morgan fingerprint density at radius 2 is 1.05 bits per heavy atom. The molecule has 1 aliphatic carbocycles. The molecule has 1 aromatic rings. The van der Waals surface area contributed by atoms with Gasteiger partial charge in [0.2, 0.25) is 5.82 Å². The fourth-order valence-corrected chi connectivity index (χ4v) is 7.33. The minimum absolute atomic E-state index is 0.0708. The molecule has 2 saturated heterocycles. The van der Waals surface area contributed by atoms with E-state index in [1.54, 1.807) is 0 Å². The van der Waals surface area contributed by atoms with Crippen molar-refractivity contribution in [2.75, 3.05) is 0 Å². The third-order valence-corrected chi connectivity index (χ3v) is 8.29. The van der Waals surface area contributed by atoms with Gasteiger partial charge in [0.1, 0.15) is 12.2 Å². The number of carbonyl (C=O) groups is 3. The number of nitrogens with one attached hydrogen (secondary N) is 2. The summed E-state index contributed by atoms with van der Waals surface area (Å²) in [4.78, 5) is 46.6. The Hall–Kier alpha value is -2.59. The standard InChI is InChI=1S/C31H48N4O6/c1-28(2)13-21(14-29(3,4)34-28)39-25(36)19-9-11-20(12-10-19)26(37)41-23-17-32-24(33-18-23)27(38)40-22-15-30(5,6)35-31(7,8)16-22/h17-22,34-35H,9-16H2,1-8H3. The molecule has 3 fully saturated rings. The molecular weight excluding hydrogens is 524 g/mol. The summed E-state index contributed by atoms with van der Waals surface area (Å²) in [6.07, 6.45) is 7.48. The molecule has 1 aromatic heterocycles. The number of piperidine rings is 2.